The summed E-state index contributed by atoms with van der Waals surface area (Å²) in [6, 6.07) is 0. The Morgan fingerprint density at radius 1 is 1.33 bits per heavy atom. The number of amides is 3. The molecule has 136 valence electrons. The lowest BCUT2D eigenvalue weighted by molar-refractivity contribution is -0.156. The molecular weight excluding hydrogens is 330 g/mol. The van der Waals surface area contributed by atoms with E-state index in [4.69, 9.17) is 0 Å². The van der Waals surface area contributed by atoms with Crippen molar-refractivity contribution in [3.05, 3.63) is 12.2 Å². The van der Waals surface area contributed by atoms with Gasteiger partial charge in [0.2, 0.25) is 5.91 Å². The first-order valence-corrected chi connectivity index (χ1v) is 9.18. The van der Waals surface area contributed by atoms with Crippen LogP contribution < -0.4 is 0 Å². The second kappa shape index (κ2) is 9.68. The lowest BCUT2D eigenvalue weighted by Crippen LogP contribution is -2.55. The van der Waals surface area contributed by atoms with Gasteiger partial charge in [-0.25, -0.2) is 0 Å². The molecule has 1 aliphatic heterocycles. The average molecular weight is 357 g/mol. The van der Waals surface area contributed by atoms with Crippen LogP contribution in [0.15, 0.2) is 12.2 Å². The number of aliphatic hydroxyl groups is 1. The Kier molecular flexibility index (Phi) is 8.27. The van der Waals surface area contributed by atoms with Gasteiger partial charge in [0.05, 0.1) is 6.10 Å². The number of hydrogen-bond donors (Lipinski definition) is 1. The van der Waals surface area contributed by atoms with Gasteiger partial charge in [-0.15, -0.1) is 0 Å². The van der Waals surface area contributed by atoms with E-state index in [2.05, 4.69) is 6.58 Å². The number of carbonyl (C=O) groups excluding carboxylic acids is 3. The highest BCUT2D eigenvalue weighted by atomic mass is 32.2. The first-order chi connectivity index (χ1) is 11.3. The van der Waals surface area contributed by atoms with E-state index in [9.17, 15) is 19.5 Å². The molecule has 1 N–H and O–H groups in total. The van der Waals surface area contributed by atoms with Gasteiger partial charge in [-0.1, -0.05) is 6.58 Å². The molecule has 1 heterocycles. The lowest BCUT2D eigenvalue weighted by atomic mass is 10.2. The third-order valence-corrected chi connectivity index (χ3v) is 4.89. The van der Waals surface area contributed by atoms with Crippen molar-refractivity contribution < 1.29 is 19.5 Å². The van der Waals surface area contributed by atoms with Crippen molar-refractivity contribution >= 4 is 29.5 Å². The number of likely N-dealkylation sites (N-methyl/N-ethyl adjacent to an activating group) is 2. The van der Waals surface area contributed by atoms with Crippen LogP contribution >= 0.6 is 11.8 Å². The van der Waals surface area contributed by atoms with Gasteiger partial charge in [-0.05, 0) is 13.8 Å². The Morgan fingerprint density at radius 3 is 2.50 bits per heavy atom. The van der Waals surface area contributed by atoms with E-state index in [0.29, 0.717) is 43.3 Å². The molecule has 0 bridgehead atoms. The molecule has 1 saturated heterocycles. The monoisotopic (exact) mass is 357 g/mol. The van der Waals surface area contributed by atoms with Gasteiger partial charge >= 0.3 is 11.8 Å². The van der Waals surface area contributed by atoms with Crippen molar-refractivity contribution in [1.29, 1.82) is 0 Å². The van der Waals surface area contributed by atoms with Gasteiger partial charge in [0.1, 0.15) is 0 Å². The van der Waals surface area contributed by atoms with E-state index >= 15 is 0 Å². The predicted octanol–water partition coefficient (Wildman–Crippen LogP) is -0.194. The molecular formula is C16H27N3O4S. The smallest absolute Gasteiger partial charge is 0.312 e. The van der Waals surface area contributed by atoms with E-state index < -0.39 is 17.9 Å². The zero-order valence-corrected chi connectivity index (χ0v) is 15.5. The number of β-amino-alcohol motifs (C(OH)–C–C–N with tert-alkyl or cyclic N) is 1. The third kappa shape index (κ3) is 5.83. The lowest BCUT2D eigenvalue weighted by Gasteiger charge is -2.34. The highest BCUT2D eigenvalue weighted by Crippen LogP contribution is 2.09. The molecule has 1 atom stereocenters. The number of nitrogens with zero attached hydrogens (tertiary/aromatic N) is 3. The predicted molar refractivity (Wildman–Crippen MR) is 94.6 cm³/mol. The summed E-state index contributed by atoms with van der Waals surface area (Å²) in [6.45, 7) is 9.34. The maximum absolute atomic E-state index is 12.0. The molecule has 24 heavy (non-hydrogen) atoms. The first-order valence-electron chi connectivity index (χ1n) is 8.02. The summed E-state index contributed by atoms with van der Waals surface area (Å²) < 4.78 is 0. The Balaban J connectivity index is 2.28. The second-order valence-electron chi connectivity index (χ2n) is 5.87. The highest BCUT2D eigenvalue weighted by molar-refractivity contribution is 7.99. The minimum absolute atomic E-state index is 0.0888. The molecule has 1 aliphatic rings. The van der Waals surface area contributed by atoms with Crippen molar-refractivity contribution in [1.82, 2.24) is 14.7 Å². The van der Waals surface area contributed by atoms with E-state index in [-0.39, 0.29) is 12.5 Å². The topological polar surface area (TPSA) is 81.2 Å². The van der Waals surface area contributed by atoms with Crippen LogP contribution in [0.25, 0.3) is 0 Å². The van der Waals surface area contributed by atoms with E-state index in [1.165, 1.54) is 21.6 Å². The molecule has 7 nitrogen and oxygen atoms in total. The molecule has 0 aromatic heterocycles. The summed E-state index contributed by atoms with van der Waals surface area (Å²) in [5.41, 5.74) is 0.497. The number of carbonyl (C=O) groups is 3. The third-order valence-electron chi connectivity index (χ3n) is 3.80. The average Bonchev–Trinajstić information content (AvgIpc) is 2.55. The van der Waals surface area contributed by atoms with Crippen LogP contribution in [0, 0.1) is 0 Å². The summed E-state index contributed by atoms with van der Waals surface area (Å²) in [5, 5.41) is 10.1. The maximum atomic E-state index is 12.0. The Bertz CT molecular complexity index is 498. The Morgan fingerprint density at radius 2 is 1.92 bits per heavy atom. The summed E-state index contributed by atoms with van der Waals surface area (Å²) in [6.07, 6.45) is -0.693. The van der Waals surface area contributed by atoms with Crippen molar-refractivity contribution in [2.75, 3.05) is 51.3 Å². The molecule has 1 fully saturated rings. The molecule has 0 aliphatic carbocycles. The van der Waals surface area contributed by atoms with Crippen LogP contribution in [-0.4, -0.2) is 94.9 Å². The summed E-state index contributed by atoms with van der Waals surface area (Å²) in [4.78, 5) is 39.9. The fourth-order valence-corrected chi connectivity index (χ4v) is 3.29. The van der Waals surface area contributed by atoms with Gasteiger partial charge in [-0.2, -0.15) is 11.8 Å². The van der Waals surface area contributed by atoms with Crippen molar-refractivity contribution in [3.63, 3.8) is 0 Å². The van der Waals surface area contributed by atoms with E-state index in [1.54, 1.807) is 18.9 Å². The van der Waals surface area contributed by atoms with Crippen molar-refractivity contribution in [2.45, 2.75) is 20.0 Å². The molecule has 1 rings (SSSR count). The number of rotatable bonds is 9. The van der Waals surface area contributed by atoms with E-state index in [1.807, 2.05) is 6.92 Å². The van der Waals surface area contributed by atoms with Crippen LogP contribution in [0.5, 0.6) is 0 Å². The fraction of sp³-hybridized carbons (Fsp3) is 0.688. The van der Waals surface area contributed by atoms with Gasteiger partial charge in [0.15, 0.2) is 0 Å². The van der Waals surface area contributed by atoms with Gasteiger partial charge in [0.25, 0.3) is 0 Å². The standard InChI is InChI=1S/C16H27N3O4S/c1-5-18-6-7-19(16(23)15(18)22)10-13(20)11-24-9-8-17(4)14(21)12(2)3/h13,20H,2,5-11H2,1,3-4H3. The van der Waals surface area contributed by atoms with Gasteiger partial charge in [0, 0.05) is 56.9 Å². The Labute approximate surface area is 147 Å². The number of thioether (sulfide) groups is 1. The molecule has 1 unspecified atom stereocenters. The van der Waals surface area contributed by atoms with Gasteiger partial charge in [-0.3, -0.25) is 14.4 Å². The largest absolute Gasteiger partial charge is 0.390 e. The molecule has 0 radical (unpaired) electrons. The molecule has 8 heteroatoms. The van der Waals surface area contributed by atoms with Crippen molar-refractivity contribution in [2.24, 2.45) is 0 Å². The zero-order chi connectivity index (χ0) is 18.3. The van der Waals surface area contributed by atoms with Gasteiger partial charge < -0.3 is 19.8 Å². The van der Waals surface area contributed by atoms with E-state index in [0.717, 1.165) is 0 Å². The summed E-state index contributed by atoms with van der Waals surface area (Å²) >= 11 is 1.51. The number of aliphatic hydroxyl groups excluding tert-OH is 1. The first kappa shape index (κ1) is 20.5. The number of piperazine rings is 1. The molecule has 0 aromatic rings. The van der Waals surface area contributed by atoms with Crippen LogP contribution in [0.1, 0.15) is 13.8 Å². The fourth-order valence-electron chi connectivity index (χ4n) is 2.35. The SMILES string of the molecule is C=C(C)C(=O)N(C)CCSCC(O)CN1CCN(CC)C(=O)C1=O. The molecule has 3 amide bonds. The maximum Gasteiger partial charge on any atom is 0.312 e. The number of hydrogen-bond acceptors (Lipinski definition) is 5. The molecule has 0 spiro atoms. The normalized spacial score (nSPS) is 16.3. The second-order valence-corrected chi connectivity index (χ2v) is 7.02. The summed E-state index contributed by atoms with van der Waals surface area (Å²) in [7, 11) is 1.71. The van der Waals surface area contributed by atoms with Crippen LogP contribution in [-0.2, 0) is 14.4 Å². The summed E-state index contributed by atoms with van der Waals surface area (Å²) in [5.74, 6) is 0.00436. The Hall–Kier alpha value is -1.54. The highest BCUT2D eigenvalue weighted by Gasteiger charge is 2.32. The minimum atomic E-state index is -0.693. The molecule has 0 aromatic carbocycles. The van der Waals surface area contributed by atoms with Crippen LogP contribution in [0.4, 0.5) is 0 Å². The van der Waals surface area contributed by atoms with Crippen molar-refractivity contribution in [3.8, 4) is 0 Å². The van der Waals surface area contributed by atoms with Crippen LogP contribution in [0.2, 0.25) is 0 Å². The van der Waals surface area contributed by atoms with Crippen LogP contribution in [0.3, 0.4) is 0 Å². The molecule has 0 saturated carbocycles. The minimum Gasteiger partial charge on any atom is -0.390 e. The zero-order valence-electron chi connectivity index (χ0n) is 14.7. The quantitative estimate of drug-likeness (QED) is 0.351.